The third kappa shape index (κ3) is 7.44. The van der Waals surface area contributed by atoms with Gasteiger partial charge in [-0.05, 0) is 39.2 Å². The lowest BCUT2D eigenvalue weighted by Gasteiger charge is -2.29. The molecule has 1 heterocycles. The maximum atomic E-state index is 12.6. The van der Waals surface area contributed by atoms with Gasteiger partial charge in [0, 0.05) is 25.6 Å². The second-order valence-corrected chi connectivity index (χ2v) is 7.56. The minimum absolute atomic E-state index is 0.0439. The van der Waals surface area contributed by atoms with Crippen molar-refractivity contribution < 1.29 is 19.1 Å². The van der Waals surface area contributed by atoms with E-state index in [9.17, 15) is 9.59 Å². The predicted molar refractivity (Wildman–Crippen MR) is 99.9 cm³/mol. The van der Waals surface area contributed by atoms with E-state index in [1.807, 2.05) is 51.1 Å². The molecule has 0 bridgehead atoms. The van der Waals surface area contributed by atoms with Crippen LogP contribution < -0.4 is 5.32 Å². The summed E-state index contributed by atoms with van der Waals surface area (Å²) in [6.45, 7) is 7.83. The summed E-state index contributed by atoms with van der Waals surface area (Å²) in [5.74, 6) is 0.0439. The molecule has 0 aromatic heterocycles. The highest BCUT2D eigenvalue weighted by Gasteiger charge is 2.24. The van der Waals surface area contributed by atoms with E-state index in [-0.39, 0.29) is 18.4 Å². The van der Waals surface area contributed by atoms with E-state index < -0.39 is 11.7 Å². The van der Waals surface area contributed by atoms with Crippen LogP contribution in [0.25, 0.3) is 0 Å². The number of amides is 2. The monoisotopic (exact) mass is 362 g/mol. The molecular formula is C20H30N2O4. The van der Waals surface area contributed by atoms with Gasteiger partial charge in [0.25, 0.3) is 0 Å². The molecule has 1 saturated heterocycles. The lowest BCUT2D eigenvalue weighted by atomic mass is 10.0. The van der Waals surface area contributed by atoms with Gasteiger partial charge in [0.1, 0.15) is 5.60 Å². The Kier molecular flexibility index (Phi) is 7.45. The molecule has 1 aromatic rings. The van der Waals surface area contributed by atoms with Crippen molar-refractivity contribution in [3.63, 3.8) is 0 Å². The minimum atomic E-state index is -0.567. The zero-order valence-corrected chi connectivity index (χ0v) is 16.0. The van der Waals surface area contributed by atoms with Crippen molar-refractivity contribution in [2.45, 2.75) is 51.7 Å². The SMILES string of the molecule is CC(C)(C)OC(=O)N[C@H](CCc1ccccc1)CC(=O)N1CCOCC1. The van der Waals surface area contributed by atoms with Crippen molar-refractivity contribution in [1.29, 1.82) is 0 Å². The molecule has 0 spiro atoms. The van der Waals surface area contributed by atoms with Crippen molar-refractivity contribution in [2.24, 2.45) is 0 Å². The van der Waals surface area contributed by atoms with Crippen LogP contribution >= 0.6 is 0 Å². The number of hydrogen-bond donors (Lipinski definition) is 1. The van der Waals surface area contributed by atoms with Crippen LogP contribution in [0, 0.1) is 0 Å². The highest BCUT2D eigenvalue weighted by atomic mass is 16.6. The van der Waals surface area contributed by atoms with Crippen molar-refractivity contribution >= 4 is 12.0 Å². The van der Waals surface area contributed by atoms with Gasteiger partial charge >= 0.3 is 6.09 Å². The first kappa shape index (κ1) is 20.2. The molecule has 1 fully saturated rings. The Labute approximate surface area is 155 Å². The van der Waals surface area contributed by atoms with E-state index >= 15 is 0 Å². The maximum Gasteiger partial charge on any atom is 0.407 e. The molecule has 0 unspecified atom stereocenters. The predicted octanol–water partition coefficient (Wildman–Crippen LogP) is 2.76. The molecular weight excluding hydrogens is 332 g/mol. The highest BCUT2D eigenvalue weighted by molar-refractivity contribution is 5.78. The second-order valence-electron chi connectivity index (χ2n) is 7.56. The van der Waals surface area contributed by atoms with E-state index in [1.165, 1.54) is 5.56 Å². The second kappa shape index (κ2) is 9.57. The van der Waals surface area contributed by atoms with Crippen molar-refractivity contribution in [3.05, 3.63) is 35.9 Å². The van der Waals surface area contributed by atoms with Gasteiger partial charge in [-0.2, -0.15) is 0 Å². The molecule has 26 heavy (non-hydrogen) atoms. The van der Waals surface area contributed by atoms with Gasteiger partial charge in [-0.25, -0.2) is 4.79 Å². The van der Waals surface area contributed by atoms with Gasteiger partial charge in [0.15, 0.2) is 0 Å². The lowest BCUT2D eigenvalue weighted by Crippen LogP contribution is -2.45. The molecule has 1 atom stereocenters. The Balaban J connectivity index is 1.95. The normalized spacial score (nSPS) is 16.0. The van der Waals surface area contributed by atoms with E-state index in [0.717, 1.165) is 6.42 Å². The number of benzene rings is 1. The summed E-state index contributed by atoms with van der Waals surface area (Å²) in [5, 5.41) is 2.87. The average molecular weight is 362 g/mol. The Morgan fingerprint density at radius 2 is 1.85 bits per heavy atom. The van der Waals surface area contributed by atoms with E-state index in [0.29, 0.717) is 32.7 Å². The van der Waals surface area contributed by atoms with Gasteiger partial charge < -0.3 is 19.7 Å². The van der Waals surface area contributed by atoms with Gasteiger partial charge in [-0.15, -0.1) is 0 Å². The number of nitrogens with one attached hydrogen (secondary N) is 1. The Hall–Kier alpha value is -2.08. The zero-order valence-electron chi connectivity index (χ0n) is 16.0. The summed E-state index contributed by atoms with van der Waals surface area (Å²) in [4.78, 5) is 26.5. The first-order valence-electron chi connectivity index (χ1n) is 9.22. The number of morpholine rings is 1. The topological polar surface area (TPSA) is 67.9 Å². The molecule has 1 aliphatic rings. The molecule has 144 valence electrons. The number of carbonyl (C=O) groups excluding carboxylic acids is 2. The average Bonchev–Trinajstić information content (AvgIpc) is 2.59. The van der Waals surface area contributed by atoms with Crippen LogP contribution in [0.4, 0.5) is 4.79 Å². The quantitative estimate of drug-likeness (QED) is 0.845. The van der Waals surface area contributed by atoms with E-state index in [2.05, 4.69) is 5.32 Å². The van der Waals surface area contributed by atoms with Crippen LogP contribution in [0.15, 0.2) is 30.3 Å². The fourth-order valence-corrected chi connectivity index (χ4v) is 2.84. The fourth-order valence-electron chi connectivity index (χ4n) is 2.84. The lowest BCUT2D eigenvalue weighted by molar-refractivity contribution is -0.135. The van der Waals surface area contributed by atoms with Crippen molar-refractivity contribution in [3.8, 4) is 0 Å². The first-order chi connectivity index (χ1) is 12.3. The summed E-state index contributed by atoms with van der Waals surface area (Å²) in [6, 6.07) is 9.79. The Morgan fingerprint density at radius 1 is 1.19 bits per heavy atom. The molecule has 6 nitrogen and oxygen atoms in total. The third-order valence-corrected chi connectivity index (χ3v) is 4.13. The number of hydrogen-bond acceptors (Lipinski definition) is 4. The molecule has 2 amide bonds. The largest absolute Gasteiger partial charge is 0.444 e. The Morgan fingerprint density at radius 3 is 2.46 bits per heavy atom. The third-order valence-electron chi connectivity index (χ3n) is 4.13. The summed E-state index contributed by atoms with van der Waals surface area (Å²) in [7, 11) is 0. The number of alkyl carbamates (subject to hydrolysis) is 1. The summed E-state index contributed by atoms with van der Waals surface area (Å²) >= 11 is 0. The molecule has 1 aliphatic heterocycles. The Bertz CT molecular complexity index is 577. The van der Waals surface area contributed by atoms with Crippen LogP contribution in [0.2, 0.25) is 0 Å². The number of nitrogens with zero attached hydrogens (tertiary/aromatic N) is 1. The number of ether oxygens (including phenoxy) is 2. The van der Waals surface area contributed by atoms with Gasteiger partial charge in [0.05, 0.1) is 13.2 Å². The van der Waals surface area contributed by atoms with Crippen LogP contribution in [0.1, 0.15) is 39.2 Å². The zero-order chi connectivity index (χ0) is 19.0. The van der Waals surface area contributed by atoms with Gasteiger partial charge in [0.2, 0.25) is 5.91 Å². The molecule has 0 saturated carbocycles. The summed E-state index contributed by atoms with van der Waals surface area (Å²) in [5.41, 5.74) is 0.616. The molecule has 1 N–H and O–H groups in total. The van der Waals surface area contributed by atoms with Crippen LogP contribution in [-0.4, -0.2) is 54.8 Å². The van der Waals surface area contributed by atoms with Crippen LogP contribution in [0.5, 0.6) is 0 Å². The molecule has 2 rings (SSSR count). The fraction of sp³-hybridized carbons (Fsp3) is 0.600. The number of rotatable bonds is 6. The summed E-state index contributed by atoms with van der Waals surface area (Å²) in [6.07, 6.45) is 1.26. The minimum Gasteiger partial charge on any atom is -0.444 e. The molecule has 6 heteroatoms. The molecule has 1 aromatic carbocycles. The van der Waals surface area contributed by atoms with Gasteiger partial charge in [-0.1, -0.05) is 30.3 Å². The van der Waals surface area contributed by atoms with Crippen molar-refractivity contribution in [2.75, 3.05) is 26.3 Å². The first-order valence-corrected chi connectivity index (χ1v) is 9.22. The van der Waals surface area contributed by atoms with Crippen molar-refractivity contribution in [1.82, 2.24) is 10.2 Å². The smallest absolute Gasteiger partial charge is 0.407 e. The highest BCUT2D eigenvalue weighted by Crippen LogP contribution is 2.12. The van der Waals surface area contributed by atoms with Crippen LogP contribution in [0.3, 0.4) is 0 Å². The van der Waals surface area contributed by atoms with Gasteiger partial charge in [-0.3, -0.25) is 4.79 Å². The summed E-state index contributed by atoms with van der Waals surface area (Å²) < 4.78 is 10.6. The number of aryl methyl sites for hydroxylation is 1. The molecule has 0 aliphatic carbocycles. The van der Waals surface area contributed by atoms with Crippen LogP contribution in [-0.2, 0) is 20.7 Å². The molecule has 0 radical (unpaired) electrons. The maximum absolute atomic E-state index is 12.6. The van der Waals surface area contributed by atoms with E-state index in [4.69, 9.17) is 9.47 Å². The standard InChI is InChI=1S/C20H30N2O4/c1-20(2,3)26-19(24)21-17(10-9-16-7-5-4-6-8-16)15-18(23)22-11-13-25-14-12-22/h4-8,17H,9-15H2,1-3H3,(H,21,24)/t17-/m1/s1. The number of carbonyl (C=O) groups is 2. The van der Waals surface area contributed by atoms with E-state index in [1.54, 1.807) is 4.90 Å².